The average molecular weight is 418 g/mol. The highest BCUT2D eigenvalue weighted by Gasteiger charge is 2.23. The Balaban J connectivity index is 1.45. The summed E-state index contributed by atoms with van der Waals surface area (Å²) in [4.78, 5) is 29.9. The van der Waals surface area contributed by atoms with Gasteiger partial charge in [-0.1, -0.05) is 30.3 Å². The summed E-state index contributed by atoms with van der Waals surface area (Å²) in [6, 6.07) is 16.5. The van der Waals surface area contributed by atoms with Gasteiger partial charge >= 0.3 is 0 Å². The molecule has 2 aromatic rings. The lowest BCUT2D eigenvalue weighted by atomic mass is 10.0. The zero-order valence-corrected chi connectivity index (χ0v) is 17.4. The van der Waals surface area contributed by atoms with Crippen LogP contribution < -0.4 is 16.0 Å². The zero-order valence-electron chi connectivity index (χ0n) is 17.4. The number of hydrogen-bond acceptors (Lipinski definition) is 5. The Morgan fingerprint density at radius 2 is 1.81 bits per heavy atom. The molecule has 2 amide bonds. The van der Waals surface area contributed by atoms with E-state index in [1.165, 1.54) is 0 Å². The monoisotopic (exact) mass is 418 g/mol. The smallest absolute Gasteiger partial charge is 0.273 e. The Bertz CT molecular complexity index is 1010. The van der Waals surface area contributed by atoms with E-state index in [-0.39, 0.29) is 23.9 Å². The highest BCUT2D eigenvalue weighted by atomic mass is 16.5. The Kier molecular flexibility index (Phi) is 6.43. The number of amides is 2. The van der Waals surface area contributed by atoms with Gasteiger partial charge in [0.2, 0.25) is 0 Å². The molecule has 31 heavy (non-hydrogen) atoms. The van der Waals surface area contributed by atoms with E-state index < -0.39 is 0 Å². The van der Waals surface area contributed by atoms with Crippen LogP contribution in [0.1, 0.15) is 41.7 Å². The summed E-state index contributed by atoms with van der Waals surface area (Å²) < 4.78 is 5.35. The van der Waals surface area contributed by atoms with Crippen LogP contribution in [0, 0.1) is 0 Å². The molecular weight excluding hydrogens is 392 g/mol. The topological polar surface area (TPSA) is 91.8 Å². The predicted molar refractivity (Wildman–Crippen MR) is 120 cm³/mol. The molecule has 2 aliphatic heterocycles. The fraction of sp³-hybridized carbons (Fsp3) is 0.292. The lowest BCUT2D eigenvalue weighted by Crippen LogP contribution is -2.39. The number of aliphatic imine (C=N–C) groups is 1. The maximum absolute atomic E-state index is 12.8. The van der Waals surface area contributed by atoms with E-state index in [4.69, 9.17) is 4.74 Å². The minimum absolute atomic E-state index is 0.102. The maximum Gasteiger partial charge on any atom is 0.273 e. The fourth-order valence-electron chi connectivity index (χ4n) is 3.65. The molecule has 3 N–H and O–H groups in total. The van der Waals surface area contributed by atoms with Gasteiger partial charge in [0.05, 0.1) is 11.7 Å². The minimum atomic E-state index is -0.309. The van der Waals surface area contributed by atoms with Crippen molar-refractivity contribution in [1.29, 1.82) is 0 Å². The van der Waals surface area contributed by atoms with E-state index in [9.17, 15) is 9.59 Å². The molecule has 0 saturated carbocycles. The zero-order chi connectivity index (χ0) is 21.6. The van der Waals surface area contributed by atoms with Crippen molar-refractivity contribution in [3.8, 4) is 0 Å². The quantitative estimate of drug-likeness (QED) is 0.695. The lowest BCUT2D eigenvalue weighted by molar-refractivity contribution is -0.113. The molecule has 1 unspecified atom stereocenters. The molecule has 0 spiro atoms. The maximum atomic E-state index is 12.8. The van der Waals surface area contributed by atoms with E-state index in [0.717, 1.165) is 18.4 Å². The van der Waals surface area contributed by atoms with Gasteiger partial charge in [-0.15, -0.1) is 0 Å². The molecule has 2 aromatic carbocycles. The first-order valence-corrected chi connectivity index (χ1v) is 10.5. The van der Waals surface area contributed by atoms with Crippen molar-refractivity contribution in [2.45, 2.75) is 31.8 Å². The molecule has 2 aliphatic rings. The average Bonchev–Trinajstić information content (AvgIpc) is 2.81. The molecule has 0 bridgehead atoms. The Hall–Kier alpha value is -3.45. The van der Waals surface area contributed by atoms with Crippen LogP contribution >= 0.6 is 0 Å². The van der Waals surface area contributed by atoms with Crippen molar-refractivity contribution in [2.75, 3.05) is 18.5 Å². The van der Waals surface area contributed by atoms with Gasteiger partial charge < -0.3 is 20.7 Å². The first-order valence-electron chi connectivity index (χ1n) is 10.5. The Labute approximate surface area is 181 Å². The van der Waals surface area contributed by atoms with Gasteiger partial charge in [-0.3, -0.25) is 14.6 Å². The number of benzene rings is 2. The molecule has 7 nitrogen and oxygen atoms in total. The second-order valence-corrected chi connectivity index (χ2v) is 7.67. The third-order valence-corrected chi connectivity index (χ3v) is 5.40. The molecule has 0 aromatic heterocycles. The summed E-state index contributed by atoms with van der Waals surface area (Å²) >= 11 is 0. The van der Waals surface area contributed by atoms with Crippen molar-refractivity contribution in [3.05, 3.63) is 77.1 Å². The molecule has 1 atom stereocenters. The number of carbonyl (C=O) groups is 2. The summed E-state index contributed by atoms with van der Waals surface area (Å²) in [5.41, 5.74) is 3.18. The lowest BCUT2D eigenvalue weighted by Gasteiger charge is -2.24. The van der Waals surface area contributed by atoms with Crippen LogP contribution in [0.3, 0.4) is 0 Å². The standard InChI is InChI=1S/C24H26N4O3/c1-16-22(24(30)27-19-8-3-2-4-9-19)28-21(15-25-16)17-6-5-7-18(14-17)23(29)26-20-10-12-31-13-11-20/h2-9,14-15,20-21,28H,10-13H2,1H3,(H,26,29)(H,27,30). The van der Waals surface area contributed by atoms with Crippen LogP contribution in [0.25, 0.3) is 0 Å². The minimum Gasteiger partial charge on any atom is -0.381 e. The van der Waals surface area contributed by atoms with Crippen LogP contribution in [0.5, 0.6) is 0 Å². The summed E-state index contributed by atoms with van der Waals surface area (Å²) in [7, 11) is 0. The summed E-state index contributed by atoms with van der Waals surface area (Å²) in [6.45, 7) is 3.14. The molecular formula is C24H26N4O3. The van der Waals surface area contributed by atoms with Gasteiger partial charge in [0.25, 0.3) is 11.8 Å². The third-order valence-electron chi connectivity index (χ3n) is 5.40. The van der Waals surface area contributed by atoms with E-state index in [2.05, 4.69) is 20.9 Å². The number of anilines is 1. The van der Waals surface area contributed by atoms with E-state index in [1.807, 2.05) is 48.5 Å². The Morgan fingerprint density at radius 1 is 1.03 bits per heavy atom. The van der Waals surface area contributed by atoms with Gasteiger partial charge in [-0.2, -0.15) is 0 Å². The summed E-state index contributed by atoms with van der Waals surface area (Å²) in [5, 5.41) is 9.22. The normalized spacial score (nSPS) is 18.9. The molecule has 0 aliphatic carbocycles. The van der Waals surface area contributed by atoms with Gasteiger partial charge in [-0.05, 0) is 49.6 Å². The number of nitrogens with zero attached hydrogens (tertiary/aromatic N) is 1. The predicted octanol–water partition coefficient (Wildman–Crippen LogP) is 3.18. The molecule has 0 radical (unpaired) electrons. The van der Waals surface area contributed by atoms with Crippen molar-refractivity contribution < 1.29 is 14.3 Å². The molecule has 160 valence electrons. The molecule has 7 heteroatoms. The summed E-state index contributed by atoms with van der Waals surface area (Å²) in [5.74, 6) is -0.353. The number of para-hydroxylation sites is 1. The molecule has 4 rings (SSSR count). The Morgan fingerprint density at radius 3 is 2.58 bits per heavy atom. The summed E-state index contributed by atoms with van der Waals surface area (Å²) in [6.07, 6.45) is 3.41. The number of carbonyl (C=O) groups excluding carboxylic acids is 2. The number of nitrogens with one attached hydrogen (secondary N) is 3. The van der Waals surface area contributed by atoms with Crippen LogP contribution in [0.2, 0.25) is 0 Å². The fourth-order valence-corrected chi connectivity index (χ4v) is 3.65. The van der Waals surface area contributed by atoms with Crippen LogP contribution in [-0.2, 0) is 9.53 Å². The van der Waals surface area contributed by atoms with Crippen LogP contribution in [0.4, 0.5) is 5.69 Å². The van der Waals surface area contributed by atoms with Crippen molar-refractivity contribution in [3.63, 3.8) is 0 Å². The largest absolute Gasteiger partial charge is 0.381 e. The third kappa shape index (κ3) is 5.19. The number of hydrogen-bond donors (Lipinski definition) is 3. The van der Waals surface area contributed by atoms with Crippen LogP contribution in [0.15, 0.2) is 71.0 Å². The van der Waals surface area contributed by atoms with Gasteiger partial charge in [0.1, 0.15) is 5.70 Å². The number of ether oxygens (including phenoxy) is 1. The van der Waals surface area contributed by atoms with Crippen molar-refractivity contribution in [1.82, 2.24) is 10.6 Å². The first-order chi connectivity index (χ1) is 15.1. The van der Waals surface area contributed by atoms with E-state index >= 15 is 0 Å². The molecule has 2 heterocycles. The van der Waals surface area contributed by atoms with Crippen molar-refractivity contribution >= 4 is 23.7 Å². The molecule has 1 saturated heterocycles. The molecule has 1 fully saturated rings. The number of allylic oxidation sites excluding steroid dienone is 1. The second kappa shape index (κ2) is 9.57. The number of rotatable bonds is 5. The second-order valence-electron chi connectivity index (χ2n) is 7.67. The van der Waals surface area contributed by atoms with Crippen molar-refractivity contribution in [2.24, 2.45) is 4.99 Å². The van der Waals surface area contributed by atoms with Gasteiger partial charge in [0, 0.05) is 36.7 Å². The highest BCUT2D eigenvalue weighted by Crippen LogP contribution is 2.21. The SMILES string of the molecule is CC1=C(C(=O)Nc2ccccc2)NC(c2cccc(C(=O)NC3CCOCC3)c2)C=N1. The van der Waals surface area contributed by atoms with Gasteiger partial charge in [-0.25, -0.2) is 0 Å². The highest BCUT2D eigenvalue weighted by molar-refractivity contribution is 6.04. The first kappa shape index (κ1) is 20.8. The van der Waals surface area contributed by atoms with E-state index in [0.29, 0.717) is 35.9 Å². The van der Waals surface area contributed by atoms with Crippen LogP contribution in [-0.4, -0.2) is 37.3 Å². The van der Waals surface area contributed by atoms with E-state index in [1.54, 1.807) is 19.2 Å². The van der Waals surface area contributed by atoms with Gasteiger partial charge in [0.15, 0.2) is 0 Å².